The van der Waals surface area contributed by atoms with E-state index in [0.717, 1.165) is 0 Å². The Morgan fingerprint density at radius 1 is 1.42 bits per heavy atom. The third-order valence-electron chi connectivity index (χ3n) is 1.49. The smallest absolute Gasteiger partial charge is 0.168 e. The summed E-state index contributed by atoms with van der Waals surface area (Å²) in [6.45, 7) is 2.29. The number of aromatic hydroxyl groups is 1. The van der Waals surface area contributed by atoms with Crippen LogP contribution in [0.1, 0.15) is 6.92 Å². The zero-order valence-electron chi connectivity index (χ0n) is 6.87. The van der Waals surface area contributed by atoms with Gasteiger partial charge in [-0.25, -0.2) is 0 Å². The van der Waals surface area contributed by atoms with Crippen molar-refractivity contribution in [2.24, 2.45) is 0 Å². The van der Waals surface area contributed by atoms with E-state index in [9.17, 15) is 5.11 Å². The number of phenols is 1. The van der Waals surface area contributed by atoms with E-state index in [4.69, 9.17) is 16.2 Å². The highest BCUT2D eigenvalue weighted by atomic mass is 16.5. The van der Waals surface area contributed by atoms with Crippen LogP contribution in [-0.2, 0) is 0 Å². The fourth-order valence-corrected chi connectivity index (χ4v) is 0.911. The van der Waals surface area contributed by atoms with Gasteiger partial charge in [0.2, 0.25) is 0 Å². The lowest BCUT2D eigenvalue weighted by molar-refractivity contribution is 0.342. The zero-order chi connectivity index (χ0) is 9.14. The van der Waals surface area contributed by atoms with Crippen molar-refractivity contribution in [1.29, 1.82) is 0 Å². The summed E-state index contributed by atoms with van der Waals surface area (Å²) in [7, 11) is 0. The summed E-state index contributed by atoms with van der Waals surface area (Å²) in [6.07, 6.45) is 0. The number of hydrogen-bond donors (Lipinski definition) is 3. The fraction of sp³-hybridized carbons (Fsp3) is 0.250. The van der Waals surface area contributed by atoms with Gasteiger partial charge in [-0.1, -0.05) is 0 Å². The molecule has 0 radical (unpaired) electrons. The number of ether oxygens (including phenoxy) is 1. The second-order valence-corrected chi connectivity index (χ2v) is 2.35. The van der Waals surface area contributed by atoms with Crippen LogP contribution in [0.4, 0.5) is 11.4 Å². The number of anilines is 2. The van der Waals surface area contributed by atoms with E-state index in [0.29, 0.717) is 18.0 Å². The van der Waals surface area contributed by atoms with Crippen LogP contribution in [0.2, 0.25) is 0 Å². The van der Waals surface area contributed by atoms with Gasteiger partial charge >= 0.3 is 0 Å². The Morgan fingerprint density at radius 2 is 2.08 bits per heavy atom. The van der Waals surface area contributed by atoms with Crippen molar-refractivity contribution < 1.29 is 9.84 Å². The predicted molar refractivity (Wildman–Crippen MR) is 48.1 cm³/mol. The first kappa shape index (κ1) is 8.52. The van der Waals surface area contributed by atoms with E-state index in [1.807, 2.05) is 6.92 Å². The molecule has 0 saturated heterocycles. The molecule has 0 spiro atoms. The highest BCUT2D eigenvalue weighted by Crippen LogP contribution is 2.35. The minimum Gasteiger partial charge on any atom is -0.506 e. The van der Waals surface area contributed by atoms with Crippen LogP contribution in [0.15, 0.2) is 12.1 Å². The first-order valence-electron chi connectivity index (χ1n) is 3.66. The summed E-state index contributed by atoms with van der Waals surface area (Å²) >= 11 is 0. The van der Waals surface area contributed by atoms with Gasteiger partial charge < -0.3 is 21.3 Å². The second-order valence-electron chi connectivity index (χ2n) is 2.35. The number of nitrogen functional groups attached to an aromatic ring is 2. The monoisotopic (exact) mass is 168 g/mol. The predicted octanol–water partition coefficient (Wildman–Crippen LogP) is 0.955. The highest BCUT2D eigenvalue weighted by Gasteiger charge is 2.08. The third-order valence-corrected chi connectivity index (χ3v) is 1.49. The summed E-state index contributed by atoms with van der Waals surface area (Å²) in [5.74, 6) is 0.352. The van der Waals surface area contributed by atoms with Gasteiger partial charge in [-0.15, -0.1) is 0 Å². The summed E-state index contributed by atoms with van der Waals surface area (Å²) < 4.78 is 5.14. The lowest BCUT2D eigenvalue weighted by Gasteiger charge is -2.10. The summed E-state index contributed by atoms with van der Waals surface area (Å²) in [4.78, 5) is 0. The zero-order valence-corrected chi connectivity index (χ0v) is 6.87. The number of rotatable bonds is 2. The molecule has 0 unspecified atom stereocenters. The molecule has 0 bridgehead atoms. The number of hydrogen-bond acceptors (Lipinski definition) is 4. The average molecular weight is 168 g/mol. The maximum atomic E-state index is 9.19. The van der Waals surface area contributed by atoms with Crippen LogP contribution in [0, 0.1) is 0 Å². The second kappa shape index (κ2) is 3.21. The average Bonchev–Trinajstić information content (AvgIpc) is 2.06. The molecule has 0 aliphatic carbocycles. The maximum absolute atomic E-state index is 9.19. The largest absolute Gasteiger partial charge is 0.506 e. The Bertz CT molecular complexity index is 287. The van der Waals surface area contributed by atoms with E-state index in [1.54, 1.807) is 6.07 Å². The molecule has 5 N–H and O–H groups in total. The molecule has 0 aliphatic rings. The van der Waals surface area contributed by atoms with Crippen molar-refractivity contribution in [3.05, 3.63) is 12.1 Å². The standard InChI is InChI=1S/C8H12N2O2/c1-2-12-8-5(9)3-4-6(11)7(8)10/h3-4,11H,2,9-10H2,1H3. The molecule has 1 aromatic rings. The molecule has 12 heavy (non-hydrogen) atoms. The van der Waals surface area contributed by atoms with E-state index >= 15 is 0 Å². The van der Waals surface area contributed by atoms with Crippen LogP contribution < -0.4 is 16.2 Å². The molecule has 66 valence electrons. The van der Waals surface area contributed by atoms with E-state index in [2.05, 4.69) is 0 Å². The number of phenolic OH excluding ortho intramolecular Hbond substituents is 1. The lowest BCUT2D eigenvalue weighted by Crippen LogP contribution is -2.00. The fourth-order valence-electron chi connectivity index (χ4n) is 0.911. The van der Waals surface area contributed by atoms with Crippen LogP contribution >= 0.6 is 0 Å². The molecule has 0 aliphatic heterocycles. The van der Waals surface area contributed by atoms with Gasteiger partial charge in [0.05, 0.1) is 12.3 Å². The Labute approximate surface area is 70.7 Å². The van der Waals surface area contributed by atoms with Gasteiger partial charge in [0.1, 0.15) is 11.4 Å². The van der Waals surface area contributed by atoms with Crippen molar-refractivity contribution in [3.8, 4) is 11.5 Å². The molecular weight excluding hydrogens is 156 g/mol. The first-order valence-corrected chi connectivity index (χ1v) is 3.66. The van der Waals surface area contributed by atoms with Gasteiger partial charge in [-0.05, 0) is 19.1 Å². The SMILES string of the molecule is CCOc1c(N)ccc(O)c1N. The van der Waals surface area contributed by atoms with Gasteiger partial charge in [-0.3, -0.25) is 0 Å². The van der Waals surface area contributed by atoms with Crippen LogP contribution in [-0.4, -0.2) is 11.7 Å². The molecule has 0 heterocycles. The van der Waals surface area contributed by atoms with Gasteiger partial charge in [0.25, 0.3) is 0 Å². The van der Waals surface area contributed by atoms with Crippen molar-refractivity contribution in [2.75, 3.05) is 18.1 Å². The Hall–Kier alpha value is -1.58. The molecule has 0 atom stereocenters. The topological polar surface area (TPSA) is 81.5 Å². The van der Waals surface area contributed by atoms with Gasteiger partial charge in [0, 0.05) is 0 Å². The maximum Gasteiger partial charge on any atom is 0.168 e. The van der Waals surface area contributed by atoms with E-state index in [1.165, 1.54) is 6.07 Å². The van der Waals surface area contributed by atoms with E-state index < -0.39 is 0 Å². The van der Waals surface area contributed by atoms with Crippen molar-refractivity contribution in [3.63, 3.8) is 0 Å². The quantitative estimate of drug-likeness (QED) is 0.349. The first-order chi connectivity index (χ1) is 5.66. The molecule has 0 fully saturated rings. The Morgan fingerprint density at radius 3 is 2.67 bits per heavy atom. The Kier molecular flexibility index (Phi) is 2.28. The molecule has 4 nitrogen and oxygen atoms in total. The summed E-state index contributed by atoms with van der Waals surface area (Å²) in [6, 6.07) is 2.99. The van der Waals surface area contributed by atoms with Crippen molar-refractivity contribution >= 4 is 11.4 Å². The lowest BCUT2D eigenvalue weighted by atomic mass is 10.2. The minimum atomic E-state index is -0.00681. The molecule has 0 amide bonds. The molecule has 1 rings (SSSR count). The van der Waals surface area contributed by atoms with Crippen LogP contribution in [0.25, 0.3) is 0 Å². The molecule has 0 saturated carbocycles. The molecule has 4 heteroatoms. The van der Waals surface area contributed by atoms with Gasteiger partial charge in [0.15, 0.2) is 5.75 Å². The van der Waals surface area contributed by atoms with Crippen LogP contribution in [0.5, 0.6) is 11.5 Å². The summed E-state index contributed by atoms with van der Waals surface area (Å²) in [5, 5.41) is 9.19. The minimum absolute atomic E-state index is 0.00681. The van der Waals surface area contributed by atoms with Crippen LogP contribution in [0.3, 0.4) is 0 Å². The molecule has 0 aromatic heterocycles. The number of nitrogens with two attached hydrogens (primary N) is 2. The normalized spacial score (nSPS) is 9.75. The van der Waals surface area contributed by atoms with E-state index in [-0.39, 0.29) is 11.4 Å². The van der Waals surface area contributed by atoms with Crippen molar-refractivity contribution in [1.82, 2.24) is 0 Å². The Balaban J connectivity index is 3.14. The summed E-state index contributed by atoms with van der Waals surface area (Å²) in [5.41, 5.74) is 11.7. The van der Waals surface area contributed by atoms with Gasteiger partial charge in [-0.2, -0.15) is 0 Å². The third kappa shape index (κ3) is 1.37. The van der Waals surface area contributed by atoms with Crippen molar-refractivity contribution in [2.45, 2.75) is 6.92 Å². The molecule has 1 aromatic carbocycles. The molecular formula is C8H12N2O2. The number of benzene rings is 1. The highest BCUT2D eigenvalue weighted by molar-refractivity contribution is 5.72.